The van der Waals surface area contributed by atoms with E-state index >= 15 is 0 Å². The van der Waals surface area contributed by atoms with Crippen molar-refractivity contribution in [2.24, 2.45) is 17.8 Å². The number of sulfonamides is 1. The van der Waals surface area contributed by atoms with Gasteiger partial charge in [-0.15, -0.1) is 0 Å². The summed E-state index contributed by atoms with van der Waals surface area (Å²) in [5.74, 6) is 2.25. The Morgan fingerprint density at radius 1 is 0.921 bits per heavy atom. The summed E-state index contributed by atoms with van der Waals surface area (Å²) in [4.78, 5) is 13.5. The maximum atomic E-state index is 13.7. The molecule has 4 bridgehead atoms. The van der Waals surface area contributed by atoms with Crippen LogP contribution in [0.5, 0.6) is 0 Å². The summed E-state index contributed by atoms with van der Waals surface area (Å²) in [5, 5.41) is 3.89. The molecule has 3 aromatic rings. The number of amides is 1. The molecule has 4 aliphatic carbocycles. The van der Waals surface area contributed by atoms with Gasteiger partial charge in [-0.05, 0) is 111 Å². The smallest absolute Gasteiger partial charge is 0.264 e. The normalized spacial score (nSPS) is 25.8. The van der Waals surface area contributed by atoms with Crippen molar-refractivity contribution in [3.63, 3.8) is 0 Å². The van der Waals surface area contributed by atoms with Crippen molar-refractivity contribution in [2.45, 2.75) is 62.4 Å². The third-order valence-corrected chi connectivity index (χ3v) is 10.7. The molecule has 4 aliphatic rings. The number of halogens is 1. The van der Waals surface area contributed by atoms with Crippen molar-refractivity contribution in [2.75, 3.05) is 4.31 Å². The molecule has 0 aliphatic heterocycles. The highest BCUT2D eigenvalue weighted by molar-refractivity contribution is 7.92. The van der Waals surface area contributed by atoms with Crippen LogP contribution in [0.25, 0.3) is 0 Å². The fraction of sp³-hybridized carbons (Fsp3) is 0.387. The first-order valence-electron chi connectivity index (χ1n) is 13.5. The number of anilines is 1. The Bertz CT molecular complexity index is 1420. The van der Waals surface area contributed by atoms with Crippen LogP contribution >= 0.6 is 11.6 Å². The Hall–Kier alpha value is -2.83. The summed E-state index contributed by atoms with van der Waals surface area (Å²) in [5.41, 5.74) is 2.69. The number of carbonyl (C=O) groups excluding carboxylic acids is 1. The maximum absolute atomic E-state index is 13.7. The van der Waals surface area contributed by atoms with Gasteiger partial charge in [0.15, 0.2) is 0 Å². The molecule has 0 unspecified atom stereocenters. The van der Waals surface area contributed by atoms with E-state index in [0.717, 1.165) is 48.1 Å². The lowest BCUT2D eigenvalue weighted by molar-refractivity contribution is -0.0167. The quantitative estimate of drug-likeness (QED) is 0.355. The Morgan fingerprint density at radius 2 is 1.53 bits per heavy atom. The Kier molecular flexibility index (Phi) is 6.51. The van der Waals surface area contributed by atoms with Crippen LogP contribution in [-0.4, -0.2) is 19.9 Å². The van der Waals surface area contributed by atoms with Gasteiger partial charge in [-0.25, -0.2) is 8.42 Å². The van der Waals surface area contributed by atoms with Gasteiger partial charge in [0.25, 0.3) is 15.9 Å². The largest absolute Gasteiger partial charge is 0.347 e. The van der Waals surface area contributed by atoms with Gasteiger partial charge in [0.2, 0.25) is 0 Å². The van der Waals surface area contributed by atoms with Crippen LogP contribution < -0.4 is 9.62 Å². The molecule has 0 spiro atoms. The number of nitrogens with zero attached hydrogens (tertiary/aromatic N) is 1. The first-order valence-corrected chi connectivity index (χ1v) is 15.3. The van der Waals surface area contributed by atoms with Crippen molar-refractivity contribution in [3.05, 3.63) is 94.5 Å². The summed E-state index contributed by atoms with van der Waals surface area (Å²) in [6.07, 6.45) is 7.31. The van der Waals surface area contributed by atoms with Gasteiger partial charge in [0.1, 0.15) is 0 Å². The monoisotopic (exact) mass is 548 g/mol. The van der Waals surface area contributed by atoms with E-state index in [9.17, 15) is 13.2 Å². The van der Waals surface area contributed by atoms with Crippen molar-refractivity contribution >= 4 is 33.2 Å². The number of carbonyl (C=O) groups is 1. The van der Waals surface area contributed by atoms with E-state index < -0.39 is 10.0 Å². The van der Waals surface area contributed by atoms with Crippen molar-refractivity contribution < 1.29 is 13.2 Å². The van der Waals surface area contributed by atoms with E-state index in [1.807, 2.05) is 37.3 Å². The number of nitrogens with one attached hydrogen (secondary N) is 1. The molecule has 0 aromatic heterocycles. The predicted octanol–water partition coefficient (Wildman–Crippen LogP) is 6.74. The molecule has 38 heavy (non-hydrogen) atoms. The van der Waals surface area contributed by atoms with Crippen LogP contribution in [0.1, 0.15) is 60.0 Å². The second-order valence-corrected chi connectivity index (χ2v) is 13.9. The average Bonchev–Trinajstić information content (AvgIpc) is 2.88. The molecular weight excluding hydrogens is 516 g/mol. The highest BCUT2D eigenvalue weighted by atomic mass is 35.5. The van der Waals surface area contributed by atoms with E-state index in [1.165, 1.54) is 23.6 Å². The van der Waals surface area contributed by atoms with Crippen molar-refractivity contribution in [1.29, 1.82) is 0 Å². The number of hydrogen-bond acceptors (Lipinski definition) is 3. The van der Waals surface area contributed by atoms with Gasteiger partial charge in [-0.2, -0.15) is 0 Å². The molecule has 7 heteroatoms. The number of benzene rings is 3. The van der Waals surface area contributed by atoms with E-state index in [0.29, 0.717) is 16.3 Å². The molecule has 198 valence electrons. The second kappa shape index (κ2) is 9.73. The highest BCUT2D eigenvalue weighted by Gasteiger charge is 2.51. The molecule has 0 heterocycles. The minimum atomic E-state index is -3.85. The Labute approximate surface area is 230 Å². The lowest BCUT2D eigenvalue weighted by atomic mass is 9.53. The minimum Gasteiger partial charge on any atom is -0.347 e. The number of aryl methyl sites for hydroxylation is 1. The third-order valence-electron chi connectivity index (χ3n) is 8.73. The Balaban J connectivity index is 1.24. The van der Waals surface area contributed by atoms with E-state index in [4.69, 9.17) is 11.6 Å². The van der Waals surface area contributed by atoms with E-state index in [1.54, 1.807) is 42.5 Å². The standard InChI is InChI=1S/C31H33ClN2O3S/c1-21-7-12-27(32)16-29(21)34(38(36,37)28-5-3-2-4-6-28)20-22-8-10-26(11-9-22)30(35)33-31-17-23-13-24(18-31)15-25(14-23)19-31/h2-12,16,23-25H,13-15,17-20H2,1H3,(H,33,35). The van der Waals surface area contributed by atoms with Gasteiger partial charge in [0, 0.05) is 16.1 Å². The summed E-state index contributed by atoms with van der Waals surface area (Å²) < 4.78 is 28.9. The van der Waals surface area contributed by atoms with E-state index in [2.05, 4.69) is 5.32 Å². The molecule has 0 radical (unpaired) electrons. The lowest BCUT2D eigenvalue weighted by Gasteiger charge is -2.56. The molecule has 0 atom stereocenters. The van der Waals surface area contributed by atoms with Crippen LogP contribution in [0.15, 0.2) is 77.7 Å². The molecule has 3 aromatic carbocycles. The van der Waals surface area contributed by atoms with E-state index in [-0.39, 0.29) is 22.9 Å². The molecule has 7 rings (SSSR count). The molecule has 4 saturated carbocycles. The van der Waals surface area contributed by atoms with Crippen LogP contribution in [0, 0.1) is 24.7 Å². The lowest BCUT2D eigenvalue weighted by Crippen LogP contribution is -2.59. The SMILES string of the molecule is Cc1ccc(Cl)cc1N(Cc1ccc(C(=O)NC23CC4CC(CC(C4)C2)C3)cc1)S(=O)(=O)c1ccccc1. The van der Waals surface area contributed by atoms with Gasteiger partial charge in [-0.3, -0.25) is 9.10 Å². The number of hydrogen-bond donors (Lipinski definition) is 1. The molecule has 1 amide bonds. The minimum absolute atomic E-state index is 0.0297. The van der Waals surface area contributed by atoms with Crippen molar-refractivity contribution in [1.82, 2.24) is 5.32 Å². The zero-order valence-corrected chi connectivity index (χ0v) is 23.1. The second-order valence-electron chi connectivity index (χ2n) is 11.6. The fourth-order valence-corrected chi connectivity index (χ4v) is 9.07. The predicted molar refractivity (Wildman–Crippen MR) is 151 cm³/mol. The van der Waals surface area contributed by atoms with Gasteiger partial charge < -0.3 is 5.32 Å². The molecule has 5 nitrogen and oxygen atoms in total. The van der Waals surface area contributed by atoms with Crippen LogP contribution in [-0.2, 0) is 16.6 Å². The summed E-state index contributed by atoms with van der Waals surface area (Å²) in [7, 11) is -3.85. The molecule has 4 fully saturated rings. The maximum Gasteiger partial charge on any atom is 0.264 e. The van der Waals surface area contributed by atoms with Crippen molar-refractivity contribution in [3.8, 4) is 0 Å². The average molecular weight is 549 g/mol. The highest BCUT2D eigenvalue weighted by Crippen LogP contribution is 2.55. The summed E-state index contributed by atoms with van der Waals surface area (Å²) >= 11 is 6.28. The topological polar surface area (TPSA) is 66.5 Å². The molecule has 1 N–H and O–H groups in total. The van der Waals surface area contributed by atoms with Crippen LogP contribution in [0.2, 0.25) is 5.02 Å². The number of rotatable bonds is 7. The first-order chi connectivity index (χ1) is 18.2. The summed E-state index contributed by atoms with van der Waals surface area (Å²) in [6.45, 7) is 1.99. The molecular formula is C31H33ClN2O3S. The van der Waals surface area contributed by atoms with Crippen LogP contribution in [0.3, 0.4) is 0 Å². The Morgan fingerprint density at radius 3 is 2.13 bits per heavy atom. The summed E-state index contributed by atoms with van der Waals surface area (Å²) in [6, 6.07) is 21.0. The first kappa shape index (κ1) is 25.4. The van der Waals surface area contributed by atoms with Gasteiger partial charge >= 0.3 is 0 Å². The third kappa shape index (κ3) is 4.85. The molecule has 0 saturated heterocycles. The fourth-order valence-electron chi connectivity index (χ4n) is 7.37. The van der Waals surface area contributed by atoms with Gasteiger partial charge in [0.05, 0.1) is 17.1 Å². The van der Waals surface area contributed by atoms with Gasteiger partial charge in [-0.1, -0.05) is 48.0 Å². The zero-order chi connectivity index (χ0) is 26.5. The zero-order valence-electron chi connectivity index (χ0n) is 21.6. The van der Waals surface area contributed by atoms with Crippen LogP contribution in [0.4, 0.5) is 5.69 Å².